The molecule has 2 heterocycles. The van der Waals surface area contributed by atoms with Gasteiger partial charge in [0.05, 0.1) is 34.2 Å². The van der Waals surface area contributed by atoms with E-state index in [9.17, 15) is 17.6 Å². The van der Waals surface area contributed by atoms with Crippen molar-refractivity contribution in [1.29, 1.82) is 0 Å². The predicted octanol–water partition coefficient (Wildman–Crippen LogP) is 3.23. The monoisotopic (exact) mass is 481 g/mol. The summed E-state index contributed by atoms with van der Waals surface area (Å²) in [6.07, 6.45) is 0. The third-order valence-corrected chi connectivity index (χ3v) is 7.43. The van der Waals surface area contributed by atoms with Crippen LogP contribution in [-0.4, -0.2) is 54.5 Å². The van der Waals surface area contributed by atoms with E-state index >= 15 is 0 Å². The van der Waals surface area contributed by atoms with E-state index in [-0.39, 0.29) is 22.1 Å². The number of imidazole rings is 1. The summed E-state index contributed by atoms with van der Waals surface area (Å²) >= 11 is 5.92. The summed E-state index contributed by atoms with van der Waals surface area (Å²) in [6.45, 7) is 3.48. The number of fused-ring (bicyclic) bond motifs is 1. The molecule has 32 heavy (non-hydrogen) atoms. The van der Waals surface area contributed by atoms with Crippen LogP contribution in [-0.2, 0) is 32.6 Å². The number of hydrogen-bond acceptors (Lipinski definition) is 6. The minimum atomic E-state index is -3.67. The summed E-state index contributed by atoms with van der Waals surface area (Å²) in [4.78, 5) is 17.0. The van der Waals surface area contributed by atoms with Gasteiger partial charge in [-0.25, -0.2) is 22.6 Å². The highest BCUT2D eigenvalue weighted by Gasteiger charge is 2.27. The lowest BCUT2D eigenvalue weighted by Crippen LogP contribution is -2.40. The van der Waals surface area contributed by atoms with Crippen molar-refractivity contribution in [3.05, 3.63) is 58.6 Å². The number of sulfonamides is 1. The maximum Gasteiger partial charge on any atom is 0.343 e. The summed E-state index contributed by atoms with van der Waals surface area (Å²) in [6, 6.07) is 8.64. The van der Waals surface area contributed by atoms with Crippen molar-refractivity contribution in [1.82, 2.24) is 13.9 Å². The summed E-state index contributed by atoms with van der Waals surface area (Å²) in [5.41, 5.74) is 0.812. The summed E-state index contributed by atoms with van der Waals surface area (Å²) < 4.78 is 53.5. The number of rotatable bonds is 6. The number of carbonyl (C=O) groups excluding carboxylic acids is 1. The Morgan fingerprint density at radius 2 is 2.00 bits per heavy atom. The SMILES string of the molecule is CCn1c(COC(=O)c2c(F)cccc2Cl)nc2cc(S(=O)(=O)N3CCOCC3)ccc21. The maximum absolute atomic E-state index is 14.0. The number of aryl methyl sites for hydroxylation is 1. The van der Waals surface area contributed by atoms with Gasteiger partial charge in [0, 0.05) is 19.6 Å². The van der Waals surface area contributed by atoms with Gasteiger partial charge in [0.2, 0.25) is 10.0 Å². The Bertz CT molecular complexity index is 1250. The van der Waals surface area contributed by atoms with E-state index in [1.54, 1.807) is 10.6 Å². The zero-order chi connectivity index (χ0) is 22.9. The van der Waals surface area contributed by atoms with Crippen LogP contribution in [0.2, 0.25) is 5.02 Å². The van der Waals surface area contributed by atoms with Crippen molar-refractivity contribution in [2.45, 2.75) is 25.0 Å². The van der Waals surface area contributed by atoms with E-state index < -0.39 is 21.8 Å². The van der Waals surface area contributed by atoms with Crippen LogP contribution in [0.4, 0.5) is 4.39 Å². The Morgan fingerprint density at radius 3 is 2.69 bits per heavy atom. The Kier molecular flexibility index (Phi) is 6.47. The third kappa shape index (κ3) is 4.23. The number of carbonyl (C=O) groups is 1. The molecule has 1 aromatic heterocycles. The quantitative estimate of drug-likeness (QED) is 0.502. The fraction of sp³-hybridized carbons (Fsp3) is 0.333. The molecule has 8 nitrogen and oxygen atoms in total. The fourth-order valence-electron chi connectivity index (χ4n) is 3.61. The van der Waals surface area contributed by atoms with Gasteiger partial charge in [0.15, 0.2) is 0 Å². The van der Waals surface area contributed by atoms with Gasteiger partial charge in [0.25, 0.3) is 0 Å². The highest BCUT2D eigenvalue weighted by Crippen LogP contribution is 2.25. The summed E-state index contributed by atoms with van der Waals surface area (Å²) in [5, 5.41) is -0.0445. The Labute approximate surface area is 189 Å². The molecule has 4 rings (SSSR count). The number of esters is 1. The van der Waals surface area contributed by atoms with E-state index in [1.165, 1.54) is 28.6 Å². The second-order valence-corrected chi connectivity index (χ2v) is 9.46. The Balaban J connectivity index is 1.61. The fourth-order valence-corrected chi connectivity index (χ4v) is 5.28. The van der Waals surface area contributed by atoms with Gasteiger partial charge < -0.3 is 14.0 Å². The molecular weight excluding hydrogens is 461 g/mol. The second kappa shape index (κ2) is 9.14. The van der Waals surface area contributed by atoms with E-state index in [0.29, 0.717) is 49.7 Å². The van der Waals surface area contributed by atoms with Crippen LogP contribution in [0.1, 0.15) is 23.1 Å². The normalized spacial score (nSPS) is 15.2. The molecule has 11 heteroatoms. The average molecular weight is 482 g/mol. The topological polar surface area (TPSA) is 90.7 Å². The maximum atomic E-state index is 14.0. The van der Waals surface area contributed by atoms with Crippen LogP contribution in [0, 0.1) is 5.82 Å². The first-order valence-electron chi connectivity index (χ1n) is 10.0. The van der Waals surface area contributed by atoms with Gasteiger partial charge in [-0.1, -0.05) is 17.7 Å². The van der Waals surface area contributed by atoms with Crippen molar-refractivity contribution >= 4 is 38.6 Å². The van der Waals surface area contributed by atoms with Gasteiger partial charge in [-0.05, 0) is 37.3 Å². The number of aromatic nitrogens is 2. The molecule has 1 aliphatic heterocycles. The van der Waals surface area contributed by atoms with E-state index in [1.807, 2.05) is 6.92 Å². The van der Waals surface area contributed by atoms with Gasteiger partial charge >= 0.3 is 5.97 Å². The van der Waals surface area contributed by atoms with Crippen LogP contribution < -0.4 is 0 Å². The Hall–Kier alpha value is -2.53. The van der Waals surface area contributed by atoms with Crippen molar-refractivity contribution in [2.75, 3.05) is 26.3 Å². The zero-order valence-corrected chi connectivity index (χ0v) is 18.8. The predicted molar refractivity (Wildman–Crippen MR) is 116 cm³/mol. The van der Waals surface area contributed by atoms with Gasteiger partial charge in [-0.3, -0.25) is 0 Å². The Morgan fingerprint density at radius 1 is 1.25 bits per heavy atom. The third-order valence-electron chi connectivity index (χ3n) is 5.22. The molecule has 1 fully saturated rings. The molecular formula is C21H21ClFN3O5S. The molecule has 2 aromatic carbocycles. The molecule has 0 spiro atoms. The zero-order valence-electron chi connectivity index (χ0n) is 17.3. The highest BCUT2D eigenvalue weighted by molar-refractivity contribution is 7.89. The average Bonchev–Trinajstić information content (AvgIpc) is 3.15. The number of hydrogen-bond donors (Lipinski definition) is 0. The lowest BCUT2D eigenvalue weighted by Gasteiger charge is -2.26. The lowest BCUT2D eigenvalue weighted by molar-refractivity contribution is 0.0453. The molecule has 0 aliphatic carbocycles. The number of benzene rings is 2. The summed E-state index contributed by atoms with van der Waals surface area (Å²) in [7, 11) is -3.67. The van der Waals surface area contributed by atoms with Gasteiger partial charge in [-0.2, -0.15) is 4.31 Å². The van der Waals surface area contributed by atoms with Crippen molar-refractivity contribution in [3.8, 4) is 0 Å². The first-order valence-corrected chi connectivity index (χ1v) is 11.8. The number of ether oxygens (including phenoxy) is 2. The smallest absolute Gasteiger partial charge is 0.343 e. The van der Waals surface area contributed by atoms with Crippen molar-refractivity contribution in [3.63, 3.8) is 0 Å². The van der Waals surface area contributed by atoms with Gasteiger partial charge in [0.1, 0.15) is 23.8 Å². The first kappa shape index (κ1) is 22.7. The molecule has 0 N–H and O–H groups in total. The van der Waals surface area contributed by atoms with Crippen molar-refractivity contribution in [2.24, 2.45) is 0 Å². The van der Waals surface area contributed by atoms with E-state index in [4.69, 9.17) is 21.1 Å². The highest BCUT2D eigenvalue weighted by atomic mass is 35.5. The molecule has 170 valence electrons. The minimum absolute atomic E-state index is 0.0445. The molecule has 0 unspecified atom stereocenters. The summed E-state index contributed by atoms with van der Waals surface area (Å²) in [5.74, 6) is -1.27. The van der Waals surface area contributed by atoms with Crippen LogP contribution >= 0.6 is 11.6 Å². The van der Waals surface area contributed by atoms with Crippen LogP contribution in [0.25, 0.3) is 11.0 Å². The molecule has 0 atom stereocenters. The van der Waals surface area contributed by atoms with Crippen LogP contribution in [0.15, 0.2) is 41.3 Å². The molecule has 0 amide bonds. The molecule has 0 bridgehead atoms. The lowest BCUT2D eigenvalue weighted by atomic mass is 10.2. The standard InChI is InChI=1S/C21H21ClFN3O5S/c1-2-26-18-7-6-14(32(28,29)25-8-10-30-11-9-25)12-17(18)24-19(26)13-31-21(27)20-15(22)4-3-5-16(20)23/h3-7,12H,2,8-11,13H2,1H3. The van der Waals surface area contributed by atoms with E-state index in [0.717, 1.165) is 6.07 Å². The number of nitrogens with zero attached hydrogens (tertiary/aromatic N) is 3. The molecule has 0 saturated carbocycles. The molecule has 0 radical (unpaired) electrons. The largest absolute Gasteiger partial charge is 0.454 e. The number of morpholine rings is 1. The van der Waals surface area contributed by atoms with E-state index in [2.05, 4.69) is 4.98 Å². The molecule has 1 aliphatic rings. The van der Waals surface area contributed by atoms with Crippen LogP contribution in [0.3, 0.4) is 0 Å². The first-order chi connectivity index (χ1) is 15.3. The second-order valence-electron chi connectivity index (χ2n) is 7.11. The molecule has 3 aromatic rings. The molecule has 1 saturated heterocycles. The van der Waals surface area contributed by atoms with Crippen molar-refractivity contribution < 1.29 is 27.1 Å². The van der Waals surface area contributed by atoms with Crippen LogP contribution in [0.5, 0.6) is 0 Å². The number of halogens is 2. The van der Waals surface area contributed by atoms with Gasteiger partial charge in [-0.15, -0.1) is 0 Å². The minimum Gasteiger partial charge on any atom is -0.454 e.